The van der Waals surface area contributed by atoms with Crippen molar-refractivity contribution in [2.45, 2.75) is 0 Å². The van der Waals surface area contributed by atoms with Crippen LogP contribution in [0.5, 0.6) is 0 Å². The number of aromatic nitrogens is 5. The lowest BCUT2D eigenvalue weighted by atomic mass is 10.1. The van der Waals surface area contributed by atoms with Crippen LogP contribution in [-0.2, 0) is 0 Å². The number of nitrogens with zero attached hydrogens (tertiary/aromatic N) is 5. The van der Waals surface area contributed by atoms with Crippen molar-refractivity contribution in [3.05, 3.63) is 140 Å². The Morgan fingerprint density at radius 1 is 0.452 bits per heavy atom. The zero-order valence-electron chi connectivity index (χ0n) is 22.5. The number of para-hydroxylation sites is 3. The van der Waals surface area contributed by atoms with Gasteiger partial charge in [-0.3, -0.25) is 8.97 Å². The van der Waals surface area contributed by atoms with E-state index < -0.39 is 0 Å². The Kier molecular flexibility index (Phi) is 4.83. The van der Waals surface area contributed by atoms with Crippen LogP contribution in [0.4, 0.5) is 0 Å². The fraction of sp³-hybridized carbons (Fsp3) is 0. The zero-order chi connectivity index (χ0) is 27.6. The van der Waals surface area contributed by atoms with E-state index in [0.29, 0.717) is 5.95 Å². The van der Waals surface area contributed by atoms with Gasteiger partial charge in [-0.25, -0.2) is 15.0 Å². The largest absolute Gasteiger partial charge is 0.277 e. The molecule has 4 heterocycles. The summed E-state index contributed by atoms with van der Waals surface area (Å²) in [6.45, 7) is 0. The first-order valence-electron chi connectivity index (χ1n) is 14.1. The molecule has 0 saturated heterocycles. The first-order valence-corrected chi connectivity index (χ1v) is 14.1. The molecule has 0 unspecified atom stereocenters. The Morgan fingerprint density at radius 3 is 1.69 bits per heavy atom. The van der Waals surface area contributed by atoms with Crippen molar-refractivity contribution < 1.29 is 0 Å². The average Bonchev–Trinajstić information content (AvgIpc) is 3.62. The van der Waals surface area contributed by atoms with Crippen molar-refractivity contribution in [2.75, 3.05) is 0 Å². The molecule has 4 aromatic heterocycles. The average molecular weight is 538 g/mol. The van der Waals surface area contributed by atoms with Gasteiger partial charge in [0.1, 0.15) is 11.3 Å². The molecule has 0 spiro atoms. The van der Waals surface area contributed by atoms with Gasteiger partial charge in [0.15, 0.2) is 0 Å². The fourth-order valence-electron chi connectivity index (χ4n) is 6.27. The molecule has 5 aromatic carbocycles. The Morgan fingerprint density at radius 2 is 1.00 bits per heavy atom. The molecule has 0 bridgehead atoms. The van der Waals surface area contributed by atoms with Crippen LogP contribution in [0.25, 0.3) is 77.9 Å². The van der Waals surface area contributed by atoms with Gasteiger partial charge < -0.3 is 0 Å². The summed E-state index contributed by atoms with van der Waals surface area (Å²) in [5.41, 5.74) is 8.81. The number of hydrogen-bond acceptors (Lipinski definition) is 3. The smallest absolute Gasteiger partial charge is 0.236 e. The third kappa shape index (κ3) is 3.28. The van der Waals surface area contributed by atoms with Gasteiger partial charge in [0.05, 0.1) is 27.9 Å². The van der Waals surface area contributed by atoms with Gasteiger partial charge >= 0.3 is 0 Å². The van der Waals surface area contributed by atoms with E-state index in [1.165, 1.54) is 0 Å². The minimum Gasteiger partial charge on any atom is -0.277 e. The van der Waals surface area contributed by atoms with E-state index in [9.17, 15) is 0 Å². The predicted molar refractivity (Wildman–Crippen MR) is 171 cm³/mol. The second kappa shape index (κ2) is 8.85. The van der Waals surface area contributed by atoms with Crippen molar-refractivity contribution in [3.8, 4) is 28.5 Å². The van der Waals surface area contributed by atoms with Gasteiger partial charge in [-0.15, -0.1) is 0 Å². The molecule has 0 N–H and O–H groups in total. The lowest BCUT2D eigenvalue weighted by Crippen LogP contribution is -2.06. The first-order chi connectivity index (χ1) is 20.8. The molecule has 5 nitrogen and oxygen atoms in total. The number of hydrogen-bond donors (Lipinski definition) is 0. The van der Waals surface area contributed by atoms with Crippen LogP contribution >= 0.6 is 0 Å². The zero-order valence-corrected chi connectivity index (χ0v) is 22.5. The molecule has 0 fully saturated rings. The number of rotatable bonds is 3. The van der Waals surface area contributed by atoms with E-state index in [1.54, 1.807) is 0 Å². The van der Waals surface area contributed by atoms with Gasteiger partial charge in [-0.1, -0.05) is 115 Å². The van der Waals surface area contributed by atoms with Crippen LogP contribution in [0.1, 0.15) is 0 Å². The summed E-state index contributed by atoms with van der Waals surface area (Å²) in [6.07, 6.45) is 0. The minimum atomic E-state index is 0.621. The summed E-state index contributed by atoms with van der Waals surface area (Å²) in [6, 6.07) is 48.2. The summed E-state index contributed by atoms with van der Waals surface area (Å²) >= 11 is 0. The summed E-state index contributed by atoms with van der Waals surface area (Å²) < 4.78 is 4.50. The van der Waals surface area contributed by atoms with Crippen LogP contribution in [0, 0.1) is 0 Å². The third-order valence-corrected chi connectivity index (χ3v) is 8.11. The van der Waals surface area contributed by atoms with Gasteiger partial charge in [0, 0.05) is 27.3 Å². The Balaban J connectivity index is 1.51. The maximum atomic E-state index is 5.24. The second-order valence-corrected chi connectivity index (χ2v) is 10.5. The maximum absolute atomic E-state index is 5.24. The van der Waals surface area contributed by atoms with Crippen LogP contribution < -0.4 is 0 Å². The van der Waals surface area contributed by atoms with Crippen molar-refractivity contribution in [2.24, 2.45) is 0 Å². The normalized spacial score (nSPS) is 11.8. The van der Waals surface area contributed by atoms with E-state index in [1.807, 2.05) is 42.5 Å². The lowest BCUT2D eigenvalue weighted by Gasteiger charge is -2.13. The highest BCUT2D eigenvalue weighted by atomic mass is 15.2. The molecule has 9 aromatic rings. The van der Waals surface area contributed by atoms with Crippen molar-refractivity contribution in [1.29, 1.82) is 0 Å². The maximum Gasteiger partial charge on any atom is 0.236 e. The number of imidazole rings is 1. The predicted octanol–water partition coefficient (Wildman–Crippen LogP) is 8.86. The molecule has 0 saturated carbocycles. The van der Waals surface area contributed by atoms with Crippen LogP contribution in [-0.4, -0.2) is 23.9 Å². The van der Waals surface area contributed by atoms with Crippen LogP contribution in [0.3, 0.4) is 0 Å². The molecular formula is C37H23N5. The van der Waals surface area contributed by atoms with E-state index >= 15 is 0 Å². The van der Waals surface area contributed by atoms with E-state index in [4.69, 9.17) is 15.0 Å². The highest BCUT2D eigenvalue weighted by Gasteiger charge is 2.23. The molecule has 42 heavy (non-hydrogen) atoms. The molecule has 0 radical (unpaired) electrons. The van der Waals surface area contributed by atoms with Crippen molar-refractivity contribution in [3.63, 3.8) is 0 Å². The van der Waals surface area contributed by atoms with E-state index in [2.05, 4.69) is 106 Å². The summed E-state index contributed by atoms with van der Waals surface area (Å²) in [7, 11) is 0. The quantitative estimate of drug-likeness (QED) is 0.226. The number of fused-ring (bicyclic) bond motifs is 10. The van der Waals surface area contributed by atoms with E-state index in [0.717, 1.165) is 71.9 Å². The van der Waals surface area contributed by atoms with E-state index in [-0.39, 0.29) is 0 Å². The van der Waals surface area contributed by atoms with Crippen molar-refractivity contribution in [1.82, 2.24) is 23.9 Å². The second-order valence-electron chi connectivity index (χ2n) is 10.5. The summed E-state index contributed by atoms with van der Waals surface area (Å²) in [5.74, 6) is 0.621. The van der Waals surface area contributed by atoms with Gasteiger partial charge in [-0.05, 0) is 29.7 Å². The summed E-state index contributed by atoms with van der Waals surface area (Å²) in [5, 5.41) is 4.59. The molecular weight excluding hydrogens is 514 g/mol. The first kappa shape index (κ1) is 22.9. The topological polar surface area (TPSA) is 48.0 Å². The molecule has 0 aliphatic heterocycles. The van der Waals surface area contributed by atoms with Crippen LogP contribution in [0.2, 0.25) is 0 Å². The third-order valence-electron chi connectivity index (χ3n) is 8.11. The Labute approximate surface area is 241 Å². The molecule has 0 aliphatic rings. The summed E-state index contributed by atoms with van der Waals surface area (Å²) in [4.78, 5) is 15.6. The molecule has 0 atom stereocenters. The molecule has 0 amide bonds. The minimum absolute atomic E-state index is 0.621. The SMILES string of the molecule is c1ccc(-c2cc(-c3ccccc3)nc(-n3c4ccccc4c4c5ccccc5c5nc6ccccc6n5c43)n2)cc1. The highest BCUT2D eigenvalue weighted by molar-refractivity contribution is 6.23. The number of benzene rings is 5. The Hall–Kier alpha value is -5.81. The molecule has 5 heteroatoms. The Bertz CT molecular complexity index is 2400. The van der Waals surface area contributed by atoms with Gasteiger partial charge in [0.25, 0.3) is 0 Å². The lowest BCUT2D eigenvalue weighted by molar-refractivity contribution is 0.976. The van der Waals surface area contributed by atoms with Gasteiger partial charge in [0.2, 0.25) is 5.95 Å². The monoisotopic (exact) mass is 537 g/mol. The van der Waals surface area contributed by atoms with Crippen molar-refractivity contribution >= 4 is 49.4 Å². The van der Waals surface area contributed by atoms with Crippen LogP contribution in [0.15, 0.2) is 140 Å². The molecule has 196 valence electrons. The molecule has 9 rings (SSSR count). The van der Waals surface area contributed by atoms with Gasteiger partial charge in [-0.2, -0.15) is 0 Å². The fourth-order valence-corrected chi connectivity index (χ4v) is 6.27. The standard InChI is InChI=1S/C37H23N5/c1-3-13-24(14-4-1)30-23-31(25-15-5-2-6-16-25)40-37(39-30)42-32-21-11-9-19-28(32)34-26-17-7-8-18-27(26)35-38-29-20-10-12-22-33(29)41(35)36(34)42/h1-23H. The highest BCUT2D eigenvalue weighted by Crippen LogP contribution is 2.40. The number of pyridine rings is 1. The molecule has 0 aliphatic carbocycles.